The van der Waals surface area contributed by atoms with Gasteiger partial charge in [-0.1, -0.05) is 20.8 Å². The van der Waals surface area contributed by atoms with E-state index in [0.717, 1.165) is 5.82 Å². The van der Waals surface area contributed by atoms with Crippen molar-refractivity contribution in [1.29, 1.82) is 0 Å². The fourth-order valence-electron chi connectivity index (χ4n) is 2.00. The number of hydrogen-bond acceptors (Lipinski definition) is 5. The second-order valence-electron chi connectivity index (χ2n) is 5.00. The van der Waals surface area contributed by atoms with Crippen molar-refractivity contribution in [3.8, 4) is 0 Å². The van der Waals surface area contributed by atoms with Crippen molar-refractivity contribution in [3.63, 3.8) is 0 Å². The van der Waals surface area contributed by atoms with Gasteiger partial charge in [0.15, 0.2) is 17.5 Å². The number of nitrogens with one attached hydrogen (secondary N) is 1. The van der Waals surface area contributed by atoms with Crippen molar-refractivity contribution in [2.24, 2.45) is 13.0 Å². The van der Waals surface area contributed by atoms with Crippen molar-refractivity contribution < 1.29 is 4.39 Å². The standard InChI is InChI=1S/C13H19FN6/c1-5-9-10(14)12(16-6-15-9)18-11(8(2)3)13-19-17-7-20(13)4/h6-8,11H,5H2,1-4H3,(H,15,16,18)/t11-/m1/s1. The van der Waals surface area contributed by atoms with Crippen LogP contribution in [0, 0.1) is 11.7 Å². The van der Waals surface area contributed by atoms with E-state index in [1.807, 2.05) is 32.4 Å². The summed E-state index contributed by atoms with van der Waals surface area (Å²) in [6.07, 6.45) is 3.53. The molecule has 0 unspecified atom stereocenters. The summed E-state index contributed by atoms with van der Waals surface area (Å²) >= 11 is 0. The zero-order valence-electron chi connectivity index (χ0n) is 12.1. The van der Waals surface area contributed by atoms with Gasteiger partial charge in [0.25, 0.3) is 0 Å². The van der Waals surface area contributed by atoms with Gasteiger partial charge in [0.05, 0.1) is 11.7 Å². The molecule has 0 fully saturated rings. The molecular formula is C13H19FN6. The summed E-state index contributed by atoms with van der Waals surface area (Å²) in [4.78, 5) is 7.92. The molecule has 0 aliphatic heterocycles. The van der Waals surface area contributed by atoms with E-state index < -0.39 is 5.82 Å². The van der Waals surface area contributed by atoms with Crippen LogP contribution in [-0.2, 0) is 13.5 Å². The first-order valence-corrected chi connectivity index (χ1v) is 6.64. The third-order valence-electron chi connectivity index (χ3n) is 3.18. The molecule has 0 spiro atoms. The molecule has 0 aliphatic rings. The van der Waals surface area contributed by atoms with Gasteiger partial charge in [-0.15, -0.1) is 10.2 Å². The van der Waals surface area contributed by atoms with Gasteiger partial charge in [-0.05, 0) is 12.3 Å². The lowest BCUT2D eigenvalue weighted by atomic mass is 10.0. The molecule has 2 rings (SSSR count). The lowest BCUT2D eigenvalue weighted by Gasteiger charge is -2.22. The van der Waals surface area contributed by atoms with Crippen LogP contribution < -0.4 is 5.32 Å². The Hall–Kier alpha value is -2.05. The molecule has 2 heterocycles. The van der Waals surface area contributed by atoms with Crippen LogP contribution in [0.3, 0.4) is 0 Å². The first-order valence-electron chi connectivity index (χ1n) is 6.64. The fraction of sp³-hybridized carbons (Fsp3) is 0.538. The lowest BCUT2D eigenvalue weighted by molar-refractivity contribution is 0.498. The first-order chi connectivity index (χ1) is 9.54. The number of aryl methyl sites for hydroxylation is 2. The second-order valence-corrected chi connectivity index (χ2v) is 5.00. The maximum absolute atomic E-state index is 14.2. The molecule has 1 atom stereocenters. The summed E-state index contributed by atoms with van der Waals surface area (Å²) in [5, 5.41) is 11.1. The van der Waals surface area contributed by atoms with Gasteiger partial charge < -0.3 is 9.88 Å². The quantitative estimate of drug-likeness (QED) is 0.907. The van der Waals surface area contributed by atoms with Gasteiger partial charge >= 0.3 is 0 Å². The molecule has 0 saturated carbocycles. The highest BCUT2D eigenvalue weighted by Crippen LogP contribution is 2.25. The first kappa shape index (κ1) is 14.4. The summed E-state index contributed by atoms with van der Waals surface area (Å²) in [6, 6.07) is -0.170. The third-order valence-corrected chi connectivity index (χ3v) is 3.18. The molecule has 0 saturated heterocycles. The van der Waals surface area contributed by atoms with E-state index in [0.29, 0.717) is 12.1 Å². The monoisotopic (exact) mass is 278 g/mol. The van der Waals surface area contributed by atoms with Crippen LogP contribution in [0.5, 0.6) is 0 Å². The van der Waals surface area contributed by atoms with Crippen molar-refractivity contribution in [1.82, 2.24) is 24.7 Å². The number of rotatable bonds is 5. The average molecular weight is 278 g/mol. The van der Waals surface area contributed by atoms with Gasteiger partial charge in [0.1, 0.15) is 12.7 Å². The maximum atomic E-state index is 14.2. The van der Waals surface area contributed by atoms with Gasteiger partial charge in [0.2, 0.25) is 0 Å². The Morgan fingerprint density at radius 3 is 2.65 bits per heavy atom. The highest BCUT2D eigenvalue weighted by atomic mass is 19.1. The Kier molecular flexibility index (Phi) is 4.26. The van der Waals surface area contributed by atoms with E-state index in [4.69, 9.17) is 0 Å². The Labute approximate surface area is 117 Å². The van der Waals surface area contributed by atoms with Gasteiger partial charge in [0, 0.05) is 7.05 Å². The molecule has 2 aromatic heterocycles. The Morgan fingerprint density at radius 1 is 1.35 bits per heavy atom. The smallest absolute Gasteiger partial charge is 0.186 e. The summed E-state index contributed by atoms with van der Waals surface area (Å²) in [7, 11) is 1.86. The minimum Gasteiger partial charge on any atom is -0.357 e. The SMILES string of the molecule is CCc1ncnc(N[C@@H](c2nncn2C)C(C)C)c1F. The predicted octanol–water partition coefficient (Wildman–Crippen LogP) is 2.12. The van der Waals surface area contributed by atoms with Crippen LogP contribution in [0.2, 0.25) is 0 Å². The van der Waals surface area contributed by atoms with Crippen molar-refractivity contribution in [2.45, 2.75) is 33.2 Å². The van der Waals surface area contributed by atoms with Crippen molar-refractivity contribution in [3.05, 3.63) is 30.0 Å². The molecule has 6 nitrogen and oxygen atoms in total. The minimum absolute atomic E-state index is 0.170. The molecule has 0 aromatic carbocycles. The van der Waals surface area contributed by atoms with Gasteiger partial charge in [-0.2, -0.15) is 0 Å². The fourth-order valence-corrected chi connectivity index (χ4v) is 2.00. The van der Waals surface area contributed by atoms with E-state index in [1.165, 1.54) is 6.33 Å². The number of nitrogens with zero attached hydrogens (tertiary/aromatic N) is 5. The zero-order chi connectivity index (χ0) is 14.7. The van der Waals surface area contributed by atoms with Gasteiger partial charge in [-0.25, -0.2) is 14.4 Å². The Bertz CT molecular complexity index is 580. The molecule has 0 bridgehead atoms. The Morgan fingerprint density at radius 2 is 2.10 bits per heavy atom. The number of anilines is 1. The molecule has 1 N–H and O–H groups in total. The van der Waals surface area contributed by atoms with Crippen LogP contribution in [-0.4, -0.2) is 24.7 Å². The van der Waals surface area contributed by atoms with Gasteiger partial charge in [-0.3, -0.25) is 0 Å². The summed E-state index contributed by atoms with van der Waals surface area (Å²) in [6.45, 7) is 5.93. The van der Waals surface area contributed by atoms with Crippen LogP contribution in [0.15, 0.2) is 12.7 Å². The largest absolute Gasteiger partial charge is 0.357 e. The van der Waals surface area contributed by atoms with Crippen LogP contribution in [0.4, 0.5) is 10.2 Å². The highest BCUT2D eigenvalue weighted by molar-refractivity contribution is 5.39. The number of hydrogen-bond donors (Lipinski definition) is 1. The Balaban J connectivity index is 2.32. The van der Waals surface area contributed by atoms with Crippen LogP contribution >= 0.6 is 0 Å². The van der Waals surface area contributed by atoms with Crippen molar-refractivity contribution in [2.75, 3.05) is 5.32 Å². The normalized spacial score (nSPS) is 12.7. The summed E-state index contributed by atoms with van der Waals surface area (Å²) in [5.74, 6) is 0.759. The molecule has 20 heavy (non-hydrogen) atoms. The number of halogens is 1. The molecule has 7 heteroatoms. The van der Waals surface area contributed by atoms with E-state index in [9.17, 15) is 4.39 Å². The van der Waals surface area contributed by atoms with Crippen LogP contribution in [0.1, 0.15) is 38.3 Å². The molecule has 0 aliphatic carbocycles. The number of aromatic nitrogens is 5. The summed E-state index contributed by atoms with van der Waals surface area (Å²) in [5.41, 5.74) is 0.406. The molecule has 108 valence electrons. The molecular weight excluding hydrogens is 259 g/mol. The van der Waals surface area contributed by atoms with E-state index in [1.54, 1.807) is 6.33 Å². The average Bonchev–Trinajstić information content (AvgIpc) is 2.83. The molecule has 2 aromatic rings. The topological polar surface area (TPSA) is 68.5 Å². The predicted molar refractivity (Wildman–Crippen MR) is 73.6 cm³/mol. The third kappa shape index (κ3) is 2.76. The highest BCUT2D eigenvalue weighted by Gasteiger charge is 2.23. The van der Waals surface area contributed by atoms with Crippen LogP contribution in [0.25, 0.3) is 0 Å². The van der Waals surface area contributed by atoms with E-state index in [2.05, 4.69) is 25.5 Å². The molecule has 0 amide bonds. The van der Waals surface area contributed by atoms with Crippen molar-refractivity contribution >= 4 is 5.82 Å². The minimum atomic E-state index is -0.400. The summed E-state index contributed by atoms with van der Waals surface area (Å²) < 4.78 is 16.0. The lowest BCUT2D eigenvalue weighted by Crippen LogP contribution is -2.22. The zero-order valence-corrected chi connectivity index (χ0v) is 12.1. The van der Waals surface area contributed by atoms with E-state index >= 15 is 0 Å². The van der Waals surface area contributed by atoms with E-state index in [-0.39, 0.29) is 17.8 Å². The second kappa shape index (κ2) is 5.94. The molecule has 0 radical (unpaired) electrons. The maximum Gasteiger partial charge on any atom is 0.186 e.